The molecule has 1 fully saturated rings. The molecule has 1 saturated heterocycles. The molecule has 0 saturated carbocycles. The Morgan fingerprint density at radius 1 is 1.25 bits per heavy atom. The molecule has 5 rings (SSSR count). The first-order valence-electron chi connectivity index (χ1n) is 11.6. The molecule has 0 bridgehead atoms. The van der Waals surface area contributed by atoms with E-state index in [4.69, 9.17) is 0 Å². The van der Waals surface area contributed by atoms with Crippen molar-refractivity contribution in [2.45, 2.75) is 50.1 Å². The maximum absolute atomic E-state index is 14.7. The Balaban J connectivity index is 1.29. The summed E-state index contributed by atoms with van der Waals surface area (Å²) in [5, 5.41) is 6.92. The lowest BCUT2D eigenvalue weighted by Crippen LogP contribution is -2.52. The zero-order chi connectivity index (χ0) is 25.6. The van der Waals surface area contributed by atoms with E-state index in [0.29, 0.717) is 24.2 Å². The van der Waals surface area contributed by atoms with Gasteiger partial charge in [-0.3, -0.25) is 19.8 Å². The molecular weight excluding hydrogens is 480 g/mol. The van der Waals surface area contributed by atoms with E-state index >= 15 is 0 Å². The Morgan fingerprint density at radius 3 is 2.81 bits per heavy atom. The van der Waals surface area contributed by atoms with Gasteiger partial charge in [0.2, 0.25) is 17.4 Å². The van der Waals surface area contributed by atoms with Crippen molar-refractivity contribution >= 4 is 11.9 Å². The van der Waals surface area contributed by atoms with Crippen molar-refractivity contribution < 1.29 is 22.4 Å². The van der Waals surface area contributed by atoms with Gasteiger partial charge in [-0.15, -0.1) is 5.10 Å². The van der Waals surface area contributed by atoms with Crippen molar-refractivity contribution in [1.82, 2.24) is 24.6 Å². The second kappa shape index (κ2) is 9.16. The van der Waals surface area contributed by atoms with E-state index < -0.39 is 47.9 Å². The maximum atomic E-state index is 14.7. The predicted molar refractivity (Wildman–Crippen MR) is 122 cm³/mol. The van der Waals surface area contributed by atoms with E-state index in [1.807, 2.05) is 0 Å². The van der Waals surface area contributed by atoms with Crippen LogP contribution in [-0.4, -0.2) is 55.6 Å². The second-order valence-corrected chi connectivity index (χ2v) is 9.23. The number of hydrogen-bond acceptors (Lipinski definition) is 5. The quantitative estimate of drug-likeness (QED) is 0.521. The summed E-state index contributed by atoms with van der Waals surface area (Å²) >= 11 is 0. The fraction of sp³-hybridized carbons (Fsp3) is 0.417. The number of aryl methyl sites for hydroxylation is 1. The van der Waals surface area contributed by atoms with Crippen LogP contribution in [0.3, 0.4) is 0 Å². The van der Waals surface area contributed by atoms with Crippen LogP contribution < -0.4 is 10.9 Å². The summed E-state index contributed by atoms with van der Waals surface area (Å²) in [7, 11) is 0. The number of halogens is 4. The number of nitrogens with one attached hydrogen (secondary N) is 2. The molecule has 1 unspecified atom stereocenters. The number of piperidine rings is 1. The number of carbonyl (C=O) groups excluding carboxylic acids is 1. The Hall–Kier alpha value is -3.54. The van der Waals surface area contributed by atoms with Crippen LogP contribution in [-0.2, 0) is 11.2 Å². The van der Waals surface area contributed by atoms with E-state index in [9.17, 15) is 27.2 Å². The second-order valence-electron chi connectivity index (χ2n) is 9.23. The monoisotopic (exact) mass is 504 g/mol. The molecule has 4 heterocycles. The highest BCUT2D eigenvalue weighted by atomic mass is 19.3. The number of alkyl halides is 2. The zero-order valence-corrected chi connectivity index (χ0v) is 19.3. The number of benzene rings is 1. The van der Waals surface area contributed by atoms with Crippen molar-refractivity contribution in [3.63, 3.8) is 0 Å². The first-order valence-corrected chi connectivity index (χ1v) is 11.6. The highest BCUT2D eigenvalue weighted by Gasteiger charge is 2.46. The fourth-order valence-corrected chi connectivity index (χ4v) is 4.92. The number of anilines is 1. The number of fused-ring (bicyclic) bond motifs is 1. The smallest absolute Gasteiger partial charge is 0.257 e. The third-order valence-corrected chi connectivity index (χ3v) is 6.99. The Bertz CT molecular complexity index is 1340. The Morgan fingerprint density at radius 2 is 2.06 bits per heavy atom. The molecule has 2 aliphatic rings. The molecule has 2 N–H and O–H groups in total. The van der Waals surface area contributed by atoms with Gasteiger partial charge < -0.3 is 4.98 Å². The van der Waals surface area contributed by atoms with E-state index in [1.54, 1.807) is 11.8 Å². The number of nitrogens with zero attached hydrogens (tertiary/aromatic N) is 4. The first kappa shape index (κ1) is 24.2. The van der Waals surface area contributed by atoms with Crippen LogP contribution in [0.25, 0.3) is 0 Å². The minimum Gasteiger partial charge on any atom is -0.329 e. The average molecular weight is 504 g/mol. The van der Waals surface area contributed by atoms with Gasteiger partial charge in [-0.05, 0) is 37.1 Å². The summed E-state index contributed by atoms with van der Waals surface area (Å²) < 4.78 is 58.8. The molecule has 190 valence electrons. The van der Waals surface area contributed by atoms with Crippen LogP contribution in [0.4, 0.5) is 23.5 Å². The number of aromatic nitrogens is 4. The molecule has 1 aromatic carbocycles. The summed E-state index contributed by atoms with van der Waals surface area (Å²) in [6.07, 6.45) is 1.81. The van der Waals surface area contributed by atoms with Crippen LogP contribution >= 0.6 is 0 Å². The van der Waals surface area contributed by atoms with Gasteiger partial charge in [0.25, 0.3) is 5.92 Å². The molecule has 3 atom stereocenters. The van der Waals surface area contributed by atoms with Crippen molar-refractivity contribution in [3.8, 4) is 0 Å². The predicted octanol–water partition coefficient (Wildman–Crippen LogP) is 3.23. The number of rotatable bonds is 5. The number of amides is 1. The SMILES string of the molecule is C[C@@H](C(=O)Nc1nc2n(n1)C(c1cc(F)ccc1F)CC2)N1CCC(F)(F)[C@@H](c2ccc(=O)[nH]c2)C1. The normalized spacial score (nSPS) is 22.2. The molecule has 3 aromatic rings. The third-order valence-electron chi connectivity index (χ3n) is 6.99. The molecule has 2 aliphatic heterocycles. The van der Waals surface area contributed by atoms with Crippen molar-refractivity contribution in [2.24, 2.45) is 0 Å². The van der Waals surface area contributed by atoms with Gasteiger partial charge in [0.15, 0.2) is 0 Å². The van der Waals surface area contributed by atoms with Crippen LogP contribution in [0.2, 0.25) is 0 Å². The van der Waals surface area contributed by atoms with Crippen LogP contribution in [0, 0.1) is 11.6 Å². The fourth-order valence-electron chi connectivity index (χ4n) is 4.92. The number of pyridine rings is 1. The summed E-state index contributed by atoms with van der Waals surface area (Å²) in [5.74, 6) is -5.21. The van der Waals surface area contributed by atoms with E-state index in [1.165, 1.54) is 23.0 Å². The van der Waals surface area contributed by atoms with E-state index in [-0.39, 0.29) is 30.2 Å². The summed E-state index contributed by atoms with van der Waals surface area (Å²) in [6, 6.07) is 4.50. The van der Waals surface area contributed by atoms with Gasteiger partial charge in [0, 0.05) is 43.8 Å². The van der Waals surface area contributed by atoms with Gasteiger partial charge in [-0.2, -0.15) is 4.98 Å². The lowest BCUT2D eigenvalue weighted by atomic mass is 9.87. The minimum atomic E-state index is -2.99. The summed E-state index contributed by atoms with van der Waals surface area (Å²) in [4.78, 5) is 32.7. The number of likely N-dealkylation sites (tertiary alicyclic amines) is 1. The molecule has 2 aromatic heterocycles. The molecule has 8 nitrogen and oxygen atoms in total. The van der Waals surface area contributed by atoms with Gasteiger partial charge in [0.05, 0.1) is 18.0 Å². The molecule has 12 heteroatoms. The van der Waals surface area contributed by atoms with Crippen LogP contribution in [0.15, 0.2) is 41.3 Å². The van der Waals surface area contributed by atoms with Gasteiger partial charge in [-0.1, -0.05) is 6.07 Å². The summed E-state index contributed by atoms with van der Waals surface area (Å²) in [5.41, 5.74) is 0.0662. The van der Waals surface area contributed by atoms with Gasteiger partial charge >= 0.3 is 0 Å². The average Bonchev–Trinajstić information content (AvgIpc) is 3.41. The van der Waals surface area contributed by atoms with Crippen LogP contribution in [0.1, 0.15) is 48.7 Å². The van der Waals surface area contributed by atoms with Crippen molar-refractivity contribution in [1.29, 1.82) is 0 Å². The highest BCUT2D eigenvalue weighted by molar-refractivity contribution is 5.93. The van der Waals surface area contributed by atoms with Gasteiger partial charge in [0.1, 0.15) is 17.5 Å². The standard InChI is InChI=1S/C24H24F4N6O2/c1-13(33-9-8-24(27,28)17(12-33)14-2-7-21(35)29-11-14)22(36)31-23-30-20-6-5-19(34(20)32-23)16-10-15(25)3-4-18(16)26/h2-4,7,10-11,13,17,19H,5-6,8-9,12H2,1H3,(H,29,35)(H,31,32,36)/t13-,17+,19?/m0/s1. The third kappa shape index (κ3) is 4.52. The first-order chi connectivity index (χ1) is 17.1. The van der Waals surface area contributed by atoms with E-state index in [2.05, 4.69) is 20.4 Å². The topological polar surface area (TPSA) is 95.9 Å². The molecule has 1 amide bonds. The van der Waals surface area contributed by atoms with Crippen molar-refractivity contribution in [2.75, 3.05) is 18.4 Å². The largest absolute Gasteiger partial charge is 0.329 e. The lowest BCUT2D eigenvalue weighted by Gasteiger charge is -2.40. The Labute approximate surface area is 203 Å². The summed E-state index contributed by atoms with van der Waals surface area (Å²) in [6.45, 7) is 1.54. The molecule has 0 radical (unpaired) electrons. The molecular formula is C24H24F4N6O2. The maximum Gasteiger partial charge on any atom is 0.257 e. The Kier molecular flexibility index (Phi) is 6.15. The molecule has 36 heavy (non-hydrogen) atoms. The highest BCUT2D eigenvalue weighted by Crippen LogP contribution is 2.40. The molecule has 0 spiro atoms. The van der Waals surface area contributed by atoms with Crippen LogP contribution in [0.5, 0.6) is 0 Å². The molecule has 0 aliphatic carbocycles. The number of H-pyrrole nitrogens is 1. The number of aromatic amines is 1. The number of hydrogen-bond donors (Lipinski definition) is 2. The zero-order valence-electron chi connectivity index (χ0n) is 19.3. The number of carbonyl (C=O) groups is 1. The van der Waals surface area contributed by atoms with Gasteiger partial charge in [-0.25, -0.2) is 22.2 Å². The van der Waals surface area contributed by atoms with Crippen molar-refractivity contribution in [3.05, 3.63) is 75.5 Å². The minimum absolute atomic E-state index is 0.00941. The lowest BCUT2D eigenvalue weighted by molar-refractivity contribution is -0.125. The van der Waals surface area contributed by atoms with E-state index in [0.717, 1.165) is 18.2 Å².